The first kappa shape index (κ1) is 80.5. The summed E-state index contributed by atoms with van der Waals surface area (Å²) < 4.78 is 0. The number of allylic oxidation sites excluding steroid dienone is 2. The number of aromatic amines is 3. The average Bonchev–Trinajstić information content (AvgIpc) is 1.50. The molecule has 8 aromatic rings. The van der Waals surface area contributed by atoms with Gasteiger partial charge in [-0.25, -0.2) is 9.97 Å². The number of nitrogens with two attached hydrogens (primary N) is 2. The molecule has 566 valence electrons. The van der Waals surface area contributed by atoms with E-state index in [-0.39, 0.29) is 140 Å². The Morgan fingerprint density at radius 1 is 0.752 bits per heavy atom. The number of Topliss-reactive ketones (excluding diaryl/α,β-unsaturated/α-hetero) is 4. The van der Waals surface area contributed by atoms with Gasteiger partial charge < -0.3 is 63.1 Å². The van der Waals surface area contributed by atoms with Crippen LogP contribution in [0.25, 0.3) is 33.0 Å². The van der Waals surface area contributed by atoms with Crippen molar-refractivity contribution in [1.29, 1.82) is 5.41 Å². The molecule has 4 aromatic carbocycles. The van der Waals surface area contributed by atoms with Crippen molar-refractivity contribution in [3.8, 4) is 0 Å². The highest BCUT2D eigenvalue weighted by Gasteiger charge is 2.67. The number of guanidine groups is 1. The average molecular weight is 1530 g/mol. The zero-order valence-corrected chi connectivity index (χ0v) is 60.1. The van der Waals surface area contributed by atoms with Crippen LogP contribution in [0.15, 0.2) is 120 Å². The Morgan fingerprint density at radius 2 is 1.41 bits per heavy atom. The highest BCUT2D eigenvalue weighted by atomic mass is 33.1. The molecule has 0 bridgehead atoms. The smallest absolute Gasteiger partial charge is 0.373 e. The number of nitrogens with zero attached hydrogens (tertiary/aromatic N) is 4. The number of fused-ring (bicyclic) bond motifs is 4. The van der Waals surface area contributed by atoms with E-state index in [2.05, 4.69) is 56.5 Å². The first-order valence-electron chi connectivity index (χ1n) is 34.2. The van der Waals surface area contributed by atoms with Gasteiger partial charge in [-0.05, 0) is 116 Å². The molecule has 4 amide bonds. The number of hydrogen-bond donors (Lipinski definition) is 13. The number of aromatic nitrogens is 6. The van der Waals surface area contributed by atoms with E-state index in [1.165, 1.54) is 23.9 Å². The summed E-state index contributed by atoms with van der Waals surface area (Å²) in [6.45, 7) is 2.38. The molecular formula is C74H75N15O18S2. The van der Waals surface area contributed by atoms with Gasteiger partial charge in [0.05, 0.1) is 48.6 Å². The third kappa shape index (κ3) is 20.9. The number of carboxylic acid groups (broad SMARTS) is 2. The normalized spacial score (nSPS) is 15.3. The number of likely N-dealkylation sites (tertiary alicyclic amines) is 1. The van der Waals surface area contributed by atoms with E-state index in [0.717, 1.165) is 50.3 Å². The van der Waals surface area contributed by atoms with Crippen LogP contribution in [0.1, 0.15) is 129 Å². The fourth-order valence-electron chi connectivity index (χ4n) is 13.1. The Hall–Kier alpha value is -12.6. The number of ketones is 5. The van der Waals surface area contributed by atoms with Gasteiger partial charge in [0.25, 0.3) is 17.4 Å². The van der Waals surface area contributed by atoms with E-state index in [1.807, 2.05) is 48.5 Å². The molecule has 2 unspecified atom stereocenters. The van der Waals surface area contributed by atoms with Gasteiger partial charge in [0.2, 0.25) is 17.8 Å². The fourth-order valence-corrected chi connectivity index (χ4v) is 15.4. The number of amides is 4. The van der Waals surface area contributed by atoms with Gasteiger partial charge in [0, 0.05) is 131 Å². The summed E-state index contributed by atoms with van der Waals surface area (Å²) in [5.74, 6) is -9.11. The predicted molar refractivity (Wildman–Crippen MR) is 395 cm³/mol. The zero-order chi connectivity index (χ0) is 78.6. The molecule has 15 N–H and O–H groups in total. The van der Waals surface area contributed by atoms with Crippen LogP contribution in [0.2, 0.25) is 0 Å². The number of aliphatic carboxylic acids is 2. The van der Waals surface area contributed by atoms with Gasteiger partial charge in [0.1, 0.15) is 11.5 Å². The van der Waals surface area contributed by atoms with Crippen molar-refractivity contribution >= 4 is 149 Å². The maximum absolute atomic E-state index is 14.0. The SMILES string of the molecule is C[C@H](NC(=O)CCCNC(=O)c1ccc(NCc2cnc3nc(N)[nH]c(=O)c3n2)cc1)C(=O)C[C@@H](CCCNC(=N)N)C(=O)N[C@@H](CC(=O)O)C(=O)C[C@@H](CSSCCC(=O)Cc1ccc2[nH]c(C(=O)Cc3ccc4[nH]c(C(=O)N5CC6CC67C5=CC(=O)c5ccccc57)cc4c3)cc2c1)C(=O)O.O=C=O.O=C=O. The molecule has 5 heterocycles. The number of benzene rings is 4. The summed E-state index contributed by atoms with van der Waals surface area (Å²) in [4.78, 5) is 213. The lowest BCUT2D eigenvalue weighted by atomic mass is 9.81. The Morgan fingerprint density at radius 3 is 2.10 bits per heavy atom. The molecule has 4 aromatic heterocycles. The summed E-state index contributed by atoms with van der Waals surface area (Å²) in [6, 6.07) is 25.9. The monoisotopic (exact) mass is 1530 g/mol. The van der Waals surface area contributed by atoms with Crippen molar-refractivity contribution in [2.24, 2.45) is 23.5 Å². The van der Waals surface area contributed by atoms with Crippen LogP contribution in [0.3, 0.4) is 0 Å². The van der Waals surface area contributed by atoms with E-state index in [9.17, 15) is 67.7 Å². The lowest BCUT2D eigenvalue weighted by Crippen LogP contribution is -2.47. The number of carboxylic acids is 2. The minimum atomic E-state index is -1.68. The summed E-state index contributed by atoms with van der Waals surface area (Å²) in [6.07, 6.45) is 3.06. The van der Waals surface area contributed by atoms with Gasteiger partial charge in [-0.2, -0.15) is 24.2 Å². The minimum absolute atomic E-state index is 0.00360. The molecule has 6 atom stereocenters. The minimum Gasteiger partial charge on any atom is -0.481 e. The van der Waals surface area contributed by atoms with Crippen molar-refractivity contribution in [2.75, 3.05) is 42.2 Å². The quantitative estimate of drug-likeness (QED) is 0.00833. The van der Waals surface area contributed by atoms with Crippen LogP contribution in [0.5, 0.6) is 0 Å². The topological polar surface area (TPSA) is 539 Å². The highest BCUT2D eigenvalue weighted by Crippen LogP contribution is 2.66. The lowest BCUT2D eigenvalue weighted by molar-refractivity contribution is -0.193. The number of anilines is 2. The van der Waals surface area contributed by atoms with Crippen LogP contribution in [-0.4, -0.2) is 171 Å². The van der Waals surface area contributed by atoms with E-state index in [1.54, 1.807) is 59.5 Å². The molecular weight excluding hydrogens is 1450 g/mol. The predicted octanol–water partition coefficient (Wildman–Crippen LogP) is 4.68. The number of hydrogen-bond acceptors (Lipinski definition) is 24. The third-order valence-electron chi connectivity index (χ3n) is 18.5. The molecule has 0 radical (unpaired) electrons. The fraction of sp³-hybridized carbons (Fsp3) is 0.324. The van der Waals surface area contributed by atoms with Crippen molar-refractivity contribution in [3.63, 3.8) is 0 Å². The number of rotatable bonds is 36. The van der Waals surface area contributed by atoms with Crippen molar-refractivity contribution < 1.29 is 82.1 Å². The maximum atomic E-state index is 14.0. The molecule has 35 heteroatoms. The Labute approximate surface area is 627 Å². The molecule has 109 heavy (non-hydrogen) atoms. The van der Waals surface area contributed by atoms with Crippen molar-refractivity contribution in [2.45, 2.75) is 102 Å². The number of carbonyl (C=O) groups is 11. The molecule has 11 rings (SSSR count). The van der Waals surface area contributed by atoms with E-state index < -0.39 is 90.0 Å². The Kier molecular flexibility index (Phi) is 27.4. The Balaban J connectivity index is 0.00000221. The van der Waals surface area contributed by atoms with Crippen LogP contribution < -0.4 is 43.6 Å². The second kappa shape index (κ2) is 37.1. The van der Waals surface area contributed by atoms with Gasteiger partial charge in [-0.1, -0.05) is 58.0 Å². The van der Waals surface area contributed by atoms with Gasteiger partial charge in [-0.15, -0.1) is 0 Å². The molecule has 33 nitrogen and oxygen atoms in total. The molecule has 2 aliphatic carbocycles. The summed E-state index contributed by atoms with van der Waals surface area (Å²) in [5.41, 5.74) is 17.8. The molecule has 1 aliphatic heterocycles. The molecule has 1 spiro atoms. The third-order valence-corrected chi connectivity index (χ3v) is 21.0. The Bertz CT molecular complexity index is 5030. The number of carbonyl (C=O) groups excluding carboxylic acids is 13. The zero-order valence-electron chi connectivity index (χ0n) is 58.5. The maximum Gasteiger partial charge on any atom is 0.373 e. The standard InChI is InChI=1S/C72H75N15O14S2.2CO2/c1-37(80-61(93)9-5-19-76-65(96)40-12-14-46(15-13-40)78-33-47-34-79-64-63(81-47)67(98)86-71(75)85-64)56(89)28-41(6-4-20-77-70(73)74)66(97)84-54(30-62(94)95)59(92)29-44(69(100)101)36-103-102-21-18-48(88)24-38-10-16-51-42(22-38)26-53(82-51)58(91)25-39-11-17-52-43(23-39)27-55(83-52)68(99)87-35-45-32-72(45)50-8-3-2-7-49(50)57(90)31-60(72)87;2*2-1-3/h2-3,7-8,10-17,22-23,26-27,31,34,37,41,44-45,54,78,82-83H,4-6,9,18-21,24-25,28-30,32-33,35-36H2,1H3,(H,76,96)(H,80,93)(H,84,97)(H,94,95)(H,100,101)(H4,73,74,77)(H3,75,79,85,86,98);;/t37-,41+,44-,45?,54-,72?;;/m0../s1. The summed E-state index contributed by atoms with van der Waals surface area (Å²) >= 11 is 0. The lowest BCUT2D eigenvalue weighted by Gasteiger charge is -2.29. The number of nitrogens with one attached hydrogen (secondary N) is 9. The first-order chi connectivity index (χ1) is 52.2. The van der Waals surface area contributed by atoms with Crippen molar-refractivity contribution in [1.82, 2.24) is 56.1 Å². The molecule has 3 aliphatic rings. The van der Waals surface area contributed by atoms with Gasteiger partial charge in [-0.3, -0.25) is 67.9 Å². The van der Waals surface area contributed by atoms with Crippen LogP contribution in [0.4, 0.5) is 11.6 Å². The number of H-pyrrole nitrogens is 3. The second-order valence-electron chi connectivity index (χ2n) is 26.1. The molecule has 1 saturated carbocycles. The summed E-state index contributed by atoms with van der Waals surface area (Å²) in [5, 5.41) is 42.4. The van der Waals surface area contributed by atoms with E-state index in [0.29, 0.717) is 57.3 Å². The van der Waals surface area contributed by atoms with Crippen molar-refractivity contribution in [3.05, 3.63) is 170 Å². The number of piperidine rings is 1. The van der Waals surface area contributed by atoms with Gasteiger partial charge >= 0.3 is 24.2 Å². The molecule has 2 fully saturated rings. The summed E-state index contributed by atoms with van der Waals surface area (Å²) in [7, 11) is 2.33. The molecule has 1 saturated heterocycles. The van der Waals surface area contributed by atoms with Crippen LogP contribution in [0, 0.1) is 23.2 Å². The van der Waals surface area contributed by atoms with Crippen LogP contribution >= 0.6 is 21.6 Å². The largest absolute Gasteiger partial charge is 0.481 e. The van der Waals surface area contributed by atoms with Gasteiger partial charge in [0.15, 0.2) is 40.3 Å². The van der Waals surface area contributed by atoms with E-state index >= 15 is 0 Å². The van der Waals surface area contributed by atoms with Crippen LogP contribution in [-0.2, 0) is 77.5 Å². The first-order valence-corrected chi connectivity index (χ1v) is 36.7. The number of nitrogen functional groups attached to an aromatic ring is 1. The highest BCUT2D eigenvalue weighted by molar-refractivity contribution is 8.76. The second-order valence-corrected chi connectivity index (χ2v) is 28.7. The van der Waals surface area contributed by atoms with E-state index in [4.69, 9.17) is 36.1 Å².